The lowest BCUT2D eigenvalue weighted by Crippen LogP contribution is -2.28. The largest absolute Gasteiger partial charge is 0.490 e. The SMILES string of the molecule is Cc1nc2[nH]c(C=Cc3ccccc3)cc2c(-c2cc(F)c3c(c2C)CCCO3)c1C(OC(C)(C)C)C(=O)O. The molecule has 2 N–H and O–H groups in total. The Morgan fingerprint density at radius 2 is 1.92 bits per heavy atom. The van der Waals surface area contributed by atoms with Gasteiger partial charge in [-0.2, -0.15) is 0 Å². The second-order valence-corrected chi connectivity index (χ2v) is 11.0. The van der Waals surface area contributed by atoms with Crippen molar-refractivity contribution in [1.29, 1.82) is 0 Å². The number of nitrogens with one attached hydrogen (secondary N) is 1. The number of halogens is 1. The van der Waals surface area contributed by atoms with Crippen LogP contribution < -0.4 is 4.74 Å². The van der Waals surface area contributed by atoms with Crippen LogP contribution >= 0.6 is 0 Å². The van der Waals surface area contributed by atoms with Crippen molar-refractivity contribution < 1.29 is 23.8 Å². The Hall–Kier alpha value is -3.97. The monoisotopic (exact) mass is 528 g/mol. The number of rotatable bonds is 6. The van der Waals surface area contributed by atoms with Crippen LogP contribution in [-0.2, 0) is 16.0 Å². The summed E-state index contributed by atoms with van der Waals surface area (Å²) in [6, 6.07) is 13.3. The van der Waals surface area contributed by atoms with Crippen LogP contribution in [0.3, 0.4) is 0 Å². The lowest BCUT2D eigenvalue weighted by molar-refractivity contribution is -0.160. The molecule has 0 amide bonds. The van der Waals surface area contributed by atoms with Gasteiger partial charge in [0.1, 0.15) is 5.65 Å². The third kappa shape index (κ3) is 5.32. The summed E-state index contributed by atoms with van der Waals surface area (Å²) in [4.78, 5) is 20.7. The van der Waals surface area contributed by atoms with Gasteiger partial charge in [-0.3, -0.25) is 0 Å². The van der Waals surface area contributed by atoms with Gasteiger partial charge >= 0.3 is 5.97 Å². The van der Waals surface area contributed by atoms with Crippen molar-refractivity contribution in [2.24, 2.45) is 0 Å². The van der Waals surface area contributed by atoms with E-state index < -0.39 is 23.5 Å². The summed E-state index contributed by atoms with van der Waals surface area (Å²) in [5.74, 6) is -1.30. The number of ether oxygens (including phenoxy) is 2. The second-order valence-electron chi connectivity index (χ2n) is 11.0. The highest BCUT2D eigenvalue weighted by Gasteiger charge is 2.34. The van der Waals surface area contributed by atoms with Crippen molar-refractivity contribution >= 4 is 29.2 Å². The van der Waals surface area contributed by atoms with Gasteiger partial charge in [0, 0.05) is 33.5 Å². The van der Waals surface area contributed by atoms with Crippen LogP contribution in [0.25, 0.3) is 34.3 Å². The molecule has 5 rings (SSSR count). The standard InChI is InChI=1S/C32H33FN2O4/c1-18-22-12-9-15-38-28(22)25(33)17-23(18)27-24-16-21(14-13-20-10-7-6-8-11-20)35-30(24)34-19(2)26(27)29(31(36)37)39-32(3,4)5/h6-8,10-11,13-14,16-17,29H,9,12,15H2,1-5H3,(H,34,35)(H,36,37). The van der Waals surface area contributed by atoms with Crippen molar-refractivity contribution in [3.05, 3.63) is 81.9 Å². The van der Waals surface area contributed by atoms with Gasteiger partial charge in [0.05, 0.1) is 12.2 Å². The van der Waals surface area contributed by atoms with E-state index in [1.165, 1.54) is 6.07 Å². The fourth-order valence-corrected chi connectivity index (χ4v) is 5.25. The summed E-state index contributed by atoms with van der Waals surface area (Å²) in [5.41, 5.74) is 5.50. The van der Waals surface area contributed by atoms with E-state index in [-0.39, 0.29) is 5.75 Å². The molecule has 39 heavy (non-hydrogen) atoms. The van der Waals surface area contributed by atoms with Crippen LogP contribution in [0.4, 0.5) is 4.39 Å². The number of benzene rings is 2. The first-order chi connectivity index (χ1) is 18.5. The Morgan fingerprint density at radius 3 is 2.62 bits per heavy atom. The fourth-order valence-electron chi connectivity index (χ4n) is 5.25. The molecule has 2 aromatic heterocycles. The molecule has 4 aromatic rings. The van der Waals surface area contributed by atoms with E-state index in [4.69, 9.17) is 14.5 Å². The molecule has 0 radical (unpaired) electrons. The van der Waals surface area contributed by atoms with Crippen LogP contribution in [0.2, 0.25) is 0 Å². The fraction of sp³-hybridized carbons (Fsp3) is 0.312. The Bertz CT molecular complexity index is 1580. The van der Waals surface area contributed by atoms with E-state index in [0.717, 1.165) is 28.8 Å². The van der Waals surface area contributed by atoms with E-state index in [2.05, 4.69) is 4.98 Å². The molecule has 0 saturated heterocycles. The molecule has 6 nitrogen and oxygen atoms in total. The van der Waals surface area contributed by atoms with Gasteiger partial charge in [-0.1, -0.05) is 36.4 Å². The Morgan fingerprint density at radius 1 is 1.18 bits per heavy atom. The summed E-state index contributed by atoms with van der Waals surface area (Å²) in [6.45, 7) is 9.63. The van der Waals surface area contributed by atoms with E-state index in [1.807, 2.05) is 76.2 Å². The first-order valence-electron chi connectivity index (χ1n) is 13.2. The van der Waals surface area contributed by atoms with Gasteiger partial charge in [-0.05, 0) is 82.4 Å². The number of hydrogen-bond acceptors (Lipinski definition) is 4. The molecule has 2 aromatic carbocycles. The third-order valence-corrected chi connectivity index (χ3v) is 6.94. The number of carbonyl (C=O) groups is 1. The van der Waals surface area contributed by atoms with Gasteiger partial charge in [0.15, 0.2) is 17.7 Å². The molecule has 1 aliphatic rings. The van der Waals surface area contributed by atoms with Crippen LogP contribution in [0.15, 0.2) is 42.5 Å². The van der Waals surface area contributed by atoms with E-state index in [9.17, 15) is 9.90 Å². The van der Waals surface area contributed by atoms with E-state index in [1.54, 1.807) is 6.92 Å². The molecule has 1 aliphatic heterocycles. The molecule has 202 valence electrons. The number of carboxylic acids is 1. The van der Waals surface area contributed by atoms with Gasteiger partial charge < -0.3 is 19.6 Å². The number of aliphatic carboxylic acids is 1. The number of aryl methyl sites for hydroxylation is 1. The molecule has 1 unspecified atom stereocenters. The summed E-state index contributed by atoms with van der Waals surface area (Å²) in [5, 5.41) is 11.0. The molecular formula is C32H33FN2O4. The maximum Gasteiger partial charge on any atom is 0.337 e. The summed E-state index contributed by atoms with van der Waals surface area (Å²) in [7, 11) is 0. The molecule has 0 aliphatic carbocycles. The van der Waals surface area contributed by atoms with Gasteiger partial charge in [0.25, 0.3) is 0 Å². The minimum atomic E-state index is -1.30. The molecule has 1 atom stereocenters. The van der Waals surface area contributed by atoms with Crippen molar-refractivity contribution in [3.8, 4) is 16.9 Å². The zero-order valence-electron chi connectivity index (χ0n) is 22.9. The number of nitrogens with zero attached hydrogens (tertiary/aromatic N) is 1. The summed E-state index contributed by atoms with van der Waals surface area (Å²) < 4.78 is 27.2. The minimum Gasteiger partial charge on any atom is -0.490 e. The normalized spacial score (nSPS) is 14.4. The highest BCUT2D eigenvalue weighted by molar-refractivity contribution is 6.00. The molecule has 0 fully saturated rings. The van der Waals surface area contributed by atoms with Gasteiger partial charge in [0.2, 0.25) is 0 Å². The number of aromatic amines is 1. The number of fused-ring (bicyclic) bond motifs is 2. The Kier molecular flexibility index (Phi) is 7.03. The molecule has 0 spiro atoms. The predicted molar refractivity (Wildman–Crippen MR) is 151 cm³/mol. The lowest BCUT2D eigenvalue weighted by atomic mass is 9.86. The summed E-state index contributed by atoms with van der Waals surface area (Å²) >= 11 is 0. The quantitative estimate of drug-likeness (QED) is 0.272. The average molecular weight is 529 g/mol. The zero-order valence-corrected chi connectivity index (χ0v) is 22.9. The highest BCUT2D eigenvalue weighted by atomic mass is 19.1. The van der Waals surface area contributed by atoms with Crippen molar-refractivity contribution in [2.45, 2.75) is 59.2 Å². The van der Waals surface area contributed by atoms with Crippen molar-refractivity contribution in [2.75, 3.05) is 6.61 Å². The van der Waals surface area contributed by atoms with Crippen LogP contribution in [0.5, 0.6) is 5.75 Å². The first kappa shape index (κ1) is 26.6. The molecule has 0 saturated carbocycles. The molecule has 0 bridgehead atoms. The lowest BCUT2D eigenvalue weighted by Gasteiger charge is -2.29. The zero-order chi connectivity index (χ0) is 27.9. The van der Waals surface area contributed by atoms with E-state index >= 15 is 4.39 Å². The van der Waals surface area contributed by atoms with Crippen LogP contribution in [0.1, 0.15) is 66.9 Å². The van der Waals surface area contributed by atoms with Crippen LogP contribution in [-0.4, -0.2) is 33.3 Å². The maximum atomic E-state index is 15.5. The number of aromatic nitrogens is 2. The minimum absolute atomic E-state index is 0.285. The highest BCUT2D eigenvalue weighted by Crippen LogP contribution is 2.44. The topological polar surface area (TPSA) is 84.4 Å². The summed E-state index contributed by atoms with van der Waals surface area (Å²) in [6.07, 6.45) is 4.11. The number of hydrogen-bond donors (Lipinski definition) is 2. The van der Waals surface area contributed by atoms with Gasteiger partial charge in [-0.25, -0.2) is 14.2 Å². The van der Waals surface area contributed by atoms with Crippen LogP contribution in [0, 0.1) is 19.7 Å². The molecule has 7 heteroatoms. The third-order valence-electron chi connectivity index (χ3n) is 6.94. The maximum absolute atomic E-state index is 15.5. The number of pyridine rings is 1. The van der Waals surface area contributed by atoms with Crippen molar-refractivity contribution in [3.63, 3.8) is 0 Å². The van der Waals surface area contributed by atoms with E-state index in [0.29, 0.717) is 46.4 Å². The van der Waals surface area contributed by atoms with Crippen molar-refractivity contribution in [1.82, 2.24) is 9.97 Å². The predicted octanol–water partition coefficient (Wildman–Crippen LogP) is 7.42. The van der Waals surface area contributed by atoms with Gasteiger partial charge in [-0.15, -0.1) is 0 Å². The molecular weight excluding hydrogens is 495 g/mol. The Labute approximate surface area is 227 Å². The second kappa shape index (κ2) is 10.3. The Balaban J connectivity index is 1.79. The molecule has 3 heterocycles. The number of H-pyrrole nitrogens is 1. The average Bonchev–Trinajstić information content (AvgIpc) is 3.30. The smallest absolute Gasteiger partial charge is 0.337 e. The number of carboxylic acid groups (broad SMARTS) is 1. The first-order valence-corrected chi connectivity index (χ1v) is 13.2.